The average Bonchev–Trinajstić information content (AvgIpc) is 2.54. The number of fused-ring (bicyclic) bond motifs is 1. The molecule has 1 unspecified atom stereocenters. The van der Waals surface area contributed by atoms with Crippen molar-refractivity contribution in [2.75, 3.05) is 7.11 Å². The van der Waals surface area contributed by atoms with Crippen LogP contribution in [0.1, 0.15) is 36.6 Å². The van der Waals surface area contributed by atoms with Gasteiger partial charge in [-0.3, -0.25) is 4.79 Å². The van der Waals surface area contributed by atoms with Crippen LogP contribution in [0.4, 0.5) is 0 Å². The maximum atomic E-state index is 12.1. The zero-order chi connectivity index (χ0) is 17.3. The summed E-state index contributed by atoms with van der Waals surface area (Å²) in [6.07, 6.45) is 0.363. The number of carbonyl (C=O) groups excluding carboxylic acids is 1. The minimum absolute atomic E-state index is 0.0120. The van der Waals surface area contributed by atoms with E-state index in [1.165, 1.54) is 0 Å². The molecule has 1 aliphatic heterocycles. The summed E-state index contributed by atoms with van der Waals surface area (Å²) < 4.78 is 11.3. The Hall–Kier alpha value is -2.20. The summed E-state index contributed by atoms with van der Waals surface area (Å²) in [5, 5.41) is 3.71. The molecule has 0 aromatic heterocycles. The number of carbonyl (C=O) groups is 1. The minimum Gasteiger partial charge on any atom is -0.493 e. The molecule has 0 fully saturated rings. The molecule has 2 aromatic carbocycles. The molecular weight excluding hydrogens is 326 g/mol. The number of benzene rings is 2. The second-order valence-corrected chi connectivity index (χ2v) is 6.53. The third kappa shape index (κ3) is 3.34. The lowest BCUT2D eigenvalue weighted by Crippen LogP contribution is -2.35. The molecule has 0 aliphatic carbocycles. The Morgan fingerprint density at radius 2 is 1.88 bits per heavy atom. The second-order valence-electron chi connectivity index (χ2n) is 6.10. The SMILES string of the molecule is COc1cc2c(cc1OC(C)C)C(c1ccc(Cl)cc1)NC(=O)C2. The van der Waals surface area contributed by atoms with Crippen molar-refractivity contribution < 1.29 is 14.3 Å². The van der Waals surface area contributed by atoms with Gasteiger partial charge in [0.05, 0.1) is 25.7 Å². The zero-order valence-corrected chi connectivity index (χ0v) is 14.7. The lowest BCUT2D eigenvalue weighted by atomic mass is 9.89. The molecular formula is C19H20ClNO3. The smallest absolute Gasteiger partial charge is 0.225 e. The zero-order valence-electron chi connectivity index (χ0n) is 13.9. The highest BCUT2D eigenvalue weighted by atomic mass is 35.5. The molecule has 2 aromatic rings. The van der Waals surface area contributed by atoms with Gasteiger partial charge in [-0.25, -0.2) is 0 Å². The number of rotatable bonds is 4. The maximum Gasteiger partial charge on any atom is 0.225 e. The summed E-state index contributed by atoms with van der Waals surface area (Å²) in [5.41, 5.74) is 2.95. The molecule has 1 aliphatic rings. The van der Waals surface area contributed by atoms with E-state index < -0.39 is 0 Å². The lowest BCUT2D eigenvalue weighted by molar-refractivity contribution is -0.121. The van der Waals surface area contributed by atoms with E-state index in [2.05, 4.69) is 5.32 Å². The van der Waals surface area contributed by atoms with E-state index in [0.29, 0.717) is 22.9 Å². The highest BCUT2D eigenvalue weighted by molar-refractivity contribution is 6.30. The van der Waals surface area contributed by atoms with Crippen LogP contribution in [0.5, 0.6) is 11.5 Å². The second kappa shape index (κ2) is 6.73. The summed E-state index contributed by atoms with van der Waals surface area (Å²) in [6.45, 7) is 3.94. The van der Waals surface area contributed by atoms with Gasteiger partial charge in [0, 0.05) is 5.02 Å². The normalized spacial score (nSPS) is 16.5. The van der Waals surface area contributed by atoms with Crippen molar-refractivity contribution in [1.29, 1.82) is 0 Å². The fourth-order valence-electron chi connectivity index (χ4n) is 2.93. The first-order valence-corrected chi connectivity index (χ1v) is 8.28. The Balaban J connectivity index is 2.09. The standard InChI is InChI=1S/C19H20ClNO3/c1-11(2)24-17-10-15-13(8-16(17)23-3)9-18(22)21-19(15)12-4-6-14(20)7-5-12/h4-8,10-11,19H,9H2,1-3H3,(H,21,22). The lowest BCUT2D eigenvalue weighted by Gasteiger charge is -2.28. The van der Waals surface area contributed by atoms with Crippen LogP contribution in [0.15, 0.2) is 36.4 Å². The van der Waals surface area contributed by atoms with Crippen LogP contribution in [0.25, 0.3) is 0 Å². The van der Waals surface area contributed by atoms with E-state index in [9.17, 15) is 4.79 Å². The van der Waals surface area contributed by atoms with Gasteiger partial charge in [-0.1, -0.05) is 23.7 Å². The summed E-state index contributed by atoms with van der Waals surface area (Å²) in [4.78, 5) is 12.1. The van der Waals surface area contributed by atoms with Gasteiger partial charge in [-0.15, -0.1) is 0 Å². The Morgan fingerprint density at radius 3 is 2.50 bits per heavy atom. The fraction of sp³-hybridized carbons (Fsp3) is 0.316. The van der Waals surface area contributed by atoms with Crippen molar-refractivity contribution in [1.82, 2.24) is 5.32 Å². The monoisotopic (exact) mass is 345 g/mol. The third-order valence-electron chi connectivity index (χ3n) is 3.96. The number of halogens is 1. The fourth-order valence-corrected chi connectivity index (χ4v) is 3.05. The van der Waals surface area contributed by atoms with E-state index in [0.717, 1.165) is 16.7 Å². The van der Waals surface area contributed by atoms with Gasteiger partial charge in [0.25, 0.3) is 0 Å². The van der Waals surface area contributed by atoms with Crippen molar-refractivity contribution in [3.05, 3.63) is 58.1 Å². The molecule has 3 rings (SSSR count). The van der Waals surface area contributed by atoms with Gasteiger partial charge in [-0.05, 0) is 54.8 Å². The van der Waals surface area contributed by atoms with E-state index in [4.69, 9.17) is 21.1 Å². The largest absolute Gasteiger partial charge is 0.493 e. The molecule has 24 heavy (non-hydrogen) atoms. The molecule has 1 amide bonds. The highest BCUT2D eigenvalue weighted by Gasteiger charge is 2.28. The van der Waals surface area contributed by atoms with Gasteiger partial charge in [0.15, 0.2) is 11.5 Å². The summed E-state index contributed by atoms with van der Waals surface area (Å²) in [7, 11) is 1.61. The van der Waals surface area contributed by atoms with Crippen molar-refractivity contribution in [2.45, 2.75) is 32.4 Å². The first kappa shape index (κ1) is 16.7. The third-order valence-corrected chi connectivity index (χ3v) is 4.21. The quantitative estimate of drug-likeness (QED) is 0.914. The predicted octanol–water partition coefficient (Wildman–Crippen LogP) is 3.90. The van der Waals surface area contributed by atoms with E-state index in [1.54, 1.807) is 7.11 Å². The first-order valence-electron chi connectivity index (χ1n) is 7.90. The molecule has 0 spiro atoms. The Bertz CT molecular complexity index is 756. The molecule has 4 nitrogen and oxygen atoms in total. The Kier molecular flexibility index (Phi) is 4.67. The van der Waals surface area contributed by atoms with Gasteiger partial charge in [0.2, 0.25) is 5.91 Å². The maximum absolute atomic E-state index is 12.1. The van der Waals surface area contributed by atoms with E-state index in [-0.39, 0.29) is 18.1 Å². The number of ether oxygens (including phenoxy) is 2. The van der Waals surface area contributed by atoms with Crippen LogP contribution in [0, 0.1) is 0 Å². The number of methoxy groups -OCH3 is 1. The summed E-state index contributed by atoms with van der Waals surface area (Å²) in [6, 6.07) is 11.1. The molecule has 1 heterocycles. The molecule has 126 valence electrons. The molecule has 5 heteroatoms. The first-order chi connectivity index (χ1) is 11.5. The molecule has 1 N–H and O–H groups in total. The predicted molar refractivity (Wildman–Crippen MR) is 93.9 cm³/mol. The number of hydrogen-bond acceptors (Lipinski definition) is 3. The minimum atomic E-state index is -0.223. The van der Waals surface area contributed by atoms with Crippen LogP contribution < -0.4 is 14.8 Å². The molecule has 0 saturated heterocycles. The van der Waals surface area contributed by atoms with Crippen LogP contribution >= 0.6 is 11.6 Å². The number of amides is 1. The highest BCUT2D eigenvalue weighted by Crippen LogP contribution is 2.38. The average molecular weight is 346 g/mol. The molecule has 0 saturated carbocycles. The van der Waals surface area contributed by atoms with Crippen molar-refractivity contribution in [2.24, 2.45) is 0 Å². The summed E-state index contributed by atoms with van der Waals surface area (Å²) >= 11 is 5.98. The number of hydrogen-bond donors (Lipinski definition) is 1. The van der Waals surface area contributed by atoms with Gasteiger partial charge in [-0.2, -0.15) is 0 Å². The van der Waals surface area contributed by atoms with Gasteiger partial charge in [0.1, 0.15) is 0 Å². The van der Waals surface area contributed by atoms with Crippen molar-refractivity contribution >= 4 is 17.5 Å². The Morgan fingerprint density at radius 1 is 1.17 bits per heavy atom. The van der Waals surface area contributed by atoms with E-state index in [1.807, 2.05) is 50.2 Å². The topological polar surface area (TPSA) is 47.6 Å². The Labute approximate surface area is 146 Å². The van der Waals surface area contributed by atoms with Crippen LogP contribution in [0.3, 0.4) is 0 Å². The van der Waals surface area contributed by atoms with Gasteiger partial charge >= 0.3 is 0 Å². The van der Waals surface area contributed by atoms with Crippen molar-refractivity contribution in [3.63, 3.8) is 0 Å². The van der Waals surface area contributed by atoms with Crippen LogP contribution in [0.2, 0.25) is 5.02 Å². The molecule has 1 atom stereocenters. The van der Waals surface area contributed by atoms with Crippen LogP contribution in [-0.4, -0.2) is 19.1 Å². The molecule has 0 radical (unpaired) electrons. The number of nitrogens with one attached hydrogen (secondary N) is 1. The van der Waals surface area contributed by atoms with Gasteiger partial charge < -0.3 is 14.8 Å². The molecule has 0 bridgehead atoms. The van der Waals surface area contributed by atoms with E-state index >= 15 is 0 Å². The van der Waals surface area contributed by atoms with Crippen molar-refractivity contribution in [3.8, 4) is 11.5 Å². The summed E-state index contributed by atoms with van der Waals surface area (Å²) in [5.74, 6) is 1.32. The van der Waals surface area contributed by atoms with Crippen LogP contribution in [-0.2, 0) is 11.2 Å².